The van der Waals surface area contributed by atoms with E-state index < -0.39 is 12.1 Å². The quantitative estimate of drug-likeness (QED) is 0.410. The topological polar surface area (TPSA) is 104 Å². The smallest absolute Gasteiger partial charge is 0.332 e. The summed E-state index contributed by atoms with van der Waals surface area (Å²) in [4.78, 5) is 9.45. The molecule has 0 radical (unpaired) electrons. The Morgan fingerprint density at radius 2 is 1.64 bits per heavy atom. The zero-order chi connectivity index (χ0) is 9.44. The van der Waals surface area contributed by atoms with Crippen LogP contribution in [0, 0.1) is 0 Å². The average molecular weight is 165 g/mol. The van der Waals surface area contributed by atoms with Crippen LogP contribution in [0.5, 0.6) is 0 Å². The molecule has 0 bridgehead atoms. The van der Waals surface area contributed by atoms with E-state index in [4.69, 9.17) is 21.1 Å². The molecule has 0 aliphatic heterocycles. The number of aliphatic hydroxyl groups excluding tert-OH is 2. The second kappa shape index (κ2) is 7.46. The number of carboxylic acid groups (broad SMARTS) is 1. The summed E-state index contributed by atoms with van der Waals surface area (Å²) >= 11 is 0. The van der Waals surface area contributed by atoms with E-state index in [1.54, 1.807) is 6.92 Å². The number of hydrogen-bond donors (Lipinski definition) is 4. The van der Waals surface area contributed by atoms with Crippen LogP contribution in [-0.2, 0) is 4.79 Å². The molecule has 0 saturated carbocycles. The number of carbonyl (C=O) groups is 1. The van der Waals surface area contributed by atoms with Crippen molar-refractivity contribution in [2.45, 2.75) is 26.1 Å². The maximum atomic E-state index is 9.45. The highest BCUT2D eigenvalue weighted by atomic mass is 16.4. The van der Waals surface area contributed by atoms with Gasteiger partial charge in [0.1, 0.15) is 6.10 Å². The van der Waals surface area contributed by atoms with Gasteiger partial charge < -0.3 is 21.1 Å². The third kappa shape index (κ3) is 17.6. The van der Waals surface area contributed by atoms with Crippen LogP contribution in [0.2, 0.25) is 0 Å². The average Bonchev–Trinajstić information content (AvgIpc) is 1.89. The fraction of sp³-hybridized carbons (Fsp3) is 0.833. The molecule has 68 valence electrons. The van der Waals surface area contributed by atoms with Crippen molar-refractivity contribution in [1.29, 1.82) is 0 Å². The molecule has 2 atom stereocenters. The zero-order valence-corrected chi connectivity index (χ0v) is 6.69. The van der Waals surface area contributed by atoms with E-state index in [1.807, 2.05) is 0 Å². The van der Waals surface area contributed by atoms with Crippen molar-refractivity contribution in [3.05, 3.63) is 0 Å². The molecule has 0 fully saturated rings. The molecule has 0 aromatic heterocycles. The van der Waals surface area contributed by atoms with Crippen LogP contribution >= 0.6 is 0 Å². The third-order valence-corrected chi connectivity index (χ3v) is 0.699. The van der Waals surface area contributed by atoms with Crippen LogP contribution in [0.25, 0.3) is 0 Å². The van der Waals surface area contributed by atoms with Gasteiger partial charge in [-0.25, -0.2) is 4.79 Å². The molecular formula is C6H15NO4. The first-order valence-electron chi connectivity index (χ1n) is 3.20. The van der Waals surface area contributed by atoms with E-state index >= 15 is 0 Å². The number of carboxylic acids is 1. The summed E-state index contributed by atoms with van der Waals surface area (Å²) in [5.41, 5.74) is 4.92. The van der Waals surface area contributed by atoms with Gasteiger partial charge in [-0.3, -0.25) is 0 Å². The Morgan fingerprint density at radius 3 is 1.64 bits per heavy atom. The first kappa shape index (κ1) is 13.0. The molecule has 5 heteroatoms. The van der Waals surface area contributed by atoms with Crippen LogP contribution in [0.1, 0.15) is 13.8 Å². The largest absolute Gasteiger partial charge is 0.479 e. The number of aliphatic hydroxyl groups is 2. The van der Waals surface area contributed by atoms with Gasteiger partial charge in [-0.2, -0.15) is 0 Å². The molecule has 0 aromatic carbocycles. The molecule has 2 unspecified atom stereocenters. The highest BCUT2D eigenvalue weighted by molar-refractivity contribution is 5.71. The predicted molar refractivity (Wildman–Crippen MR) is 40.1 cm³/mol. The summed E-state index contributed by atoms with van der Waals surface area (Å²) in [5.74, 6) is -1.19. The summed E-state index contributed by atoms with van der Waals surface area (Å²) < 4.78 is 0. The molecule has 0 aliphatic carbocycles. The second-order valence-electron chi connectivity index (χ2n) is 2.10. The maximum absolute atomic E-state index is 9.45. The molecule has 0 spiro atoms. The molecule has 0 amide bonds. The first-order valence-corrected chi connectivity index (χ1v) is 3.20. The minimum Gasteiger partial charge on any atom is -0.479 e. The molecular weight excluding hydrogens is 150 g/mol. The monoisotopic (exact) mass is 165 g/mol. The third-order valence-electron chi connectivity index (χ3n) is 0.699. The summed E-state index contributed by atoms with van der Waals surface area (Å²) in [6.07, 6.45) is -1.57. The number of rotatable bonds is 2. The zero-order valence-electron chi connectivity index (χ0n) is 6.69. The standard InChI is InChI=1S/C3H9NO.C3H6O3/c1-3(5)2-4;1-2(4)3(5)6/h3,5H,2,4H2,1H3;2,4H,1H3,(H,5,6). The summed E-state index contributed by atoms with van der Waals surface area (Å²) in [6.45, 7) is 3.21. The van der Waals surface area contributed by atoms with Crippen molar-refractivity contribution in [2.75, 3.05) is 6.54 Å². The van der Waals surface area contributed by atoms with Gasteiger partial charge in [0.2, 0.25) is 0 Å². The summed E-state index contributed by atoms with van der Waals surface area (Å²) in [7, 11) is 0. The fourth-order valence-electron chi connectivity index (χ4n) is 0. The minimum absolute atomic E-state index is 0.338. The Labute approximate surface area is 65.5 Å². The lowest BCUT2D eigenvalue weighted by Crippen LogP contribution is -2.14. The van der Waals surface area contributed by atoms with Crippen LogP contribution in [0.3, 0.4) is 0 Å². The van der Waals surface area contributed by atoms with E-state index in [0.717, 1.165) is 0 Å². The van der Waals surface area contributed by atoms with Crippen molar-refractivity contribution in [3.8, 4) is 0 Å². The van der Waals surface area contributed by atoms with E-state index in [1.165, 1.54) is 6.92 Å². The lowest BCUT2D eigenvalue weighted by Gasteiger charge is -1.91. The number of nitrogens with two attached hydrogens (primary N) is 1. The van der Waals surface area contributed by atoms with Crippen molar-refractivity contribution in [2.24, 2.45) is 5.73 Å². The van der Waals surface area contributed by atoms with E-state index in [9.17, 15) is 4.79 Å². The minimum atomic E-state index is -1.23. The van der Waals surface area contributed by atoms with Crippen LogP contribution < -0.4 is 5.73 Å². The van der Waals surface area contributed by atoms with Gasteiger partial charge in [0.05, 0.1) is 6.10 Å². The number of aliphatic carboxylic acids is 1. The SMILES string of the molecule is CC(O)C(=O)O.CC(O)CN. The fourth-order valence-corrected chi connectivity index (χ4v) is 0. The van der Waals surface area contributed by atoms with Crippen LogP contribution in [0.4, 0.5) is 0 Å². The Kier molecular flexibility index (Phi) is 8.80. The van der Waals surface area contributed by atoms with Gasteiger partial charge in [0, 0.05) is 6.54 Å². The Hall–Kier alpha value is -0.650. The van der Waals surface area contributed by atoms with Crippen LogP contribution in [-0.4, -0.2) is 40.0 Å². The molecule has 0 heterocycles. The lowest BCUT2D eigenvalue weighted by molar-refractivity contribution is -0.145. The van der Waals surface area contributed by atoms with Gasteiger partial charge in [0.15, 0.2) is 0 Å². The van der Waals surface area contributed by atoms with Crippen molar-refractivity contribution in [1.82, 2.24) is 0 Å². The molecule has 11 heavy (non-hydrogen) atoms. The normalized spacial score (nSPS) is 14.3. The second-order valence-corrected chi connectivity index (χ2v) is 2.10. The van der Waals surface area contributed by atoms with Gasteiger partial charge in [0.25, 0.3) is 0 Å². The van der Waals surface area contributed by atoms with Gasteiger partial charge >= 0.3 is 5.97 Å². The van der Waals surface area contributed by atoms with E-state index in [0.29, 0.717) is 6.54 Å². The Bertz CT molecular complexity index is 103. The number of hydrogen-bond acceptors (Lipinski definition) is 4. The molecule has 0 aliphatic rings. The molecule has 0 aromatic rings. The molecule has 5 N–H and O–H groups in total. The first-order chi connectivity index (χ1) is 4.91. The lowest BCUT2D eigenvalue weighted by atomic mass is 10.4. The maximum Gasteiger partial charge on any atom is 0.332 e. The summed E-state index contributed by atoms with van der Waals surface area (Å²) in [5, 5.41) is 24.0. The summed E-state index contributed by atoms with van der Waals surface area (Å²) in [6, 6.07) is 0. The highest BCUT2D eigenvalue weighted by Crippen LogP contribution is 1.73. The van der Waals surface area contributed by atoms with Crippen molar-refractivity contribution < 1.29 is 20.1 Å². The van der Waals surface area contributed by atoms with E-state index in [2.05, 4.69) is 0 Å². The molecule has 0 saturated heterocycles. The molecule has 0 rings (SSSR count). The van der Waals surface area contributed by atoms with Crippen molar-refractivity contribution >= 4 is 5.97 Å². The van der Waals surface area contributed by atoms with Crippen molar-refractivity contribution in [3.63, 3.8) is 0 Å². The Morgan fingerprint density at radius 1 is 1.45 bits per heavy atom. The van der Waals surface area contributed by atoms with Gasteiger partial charge in [-0.1, -0.05) is 0 Å². The van der Waals surface area contributed by atoms with Crippen LogP contribution in [0.15, 0.2) is 0 Å². The van der Waals surface area contributed by atoms with Gasteiger partial charge in [-0.05, 0) is 13.8 Å². The van der Waals surface area contributed by atoms with Gasteiger partial charge in [-0.15, -0.1) is 0 Å². The highest BCUT2D eigenvalue weighted by Gasteiger charge is 2.01. The molecule has 5 nitrogen and oxygen atoms in total. The predicted octanol–water partition coefficient (Wildman–Crippen LogP) is -1.22. The van der Waals surface area contributed by atoms with E-state index in [-0.39, 0.29) is 6.10 Å². The Balaban J connectivity index is 0.